The van der Waals surface area contributed by atoms with Gasteiger partial charge in [0.25, 0.3) is 5.91 Å². The summed E-state index contributed by atoms with van der Waals surface area (Å²) in [4.78, 5) is 33.9. The van der Waals surface area contributed by atoms with Crippen LogP contribution in [0.25, 0.3) is 0 Å². The van der Waals surface area contributed by atoms with Crippen LogP contribution in [-0.4, -0.2) is 44.4 Å². The molecule has 136 valence electrons. The number of carboxylic acids is 1. The number of rotatable bonds is 6. The number of carbonyl (C=O) groups excluding carboxylic acids is 1. The van der Waals surface area contributed by atoms with Gasteiger partial charge in [-0.1, -0.05) is 6.07 Å². The van der Waals surface area contributed by atoms with E-state index in [1.807, 2.05) is 17.0 Å². The Morgan fingerprint density at radius 1 is 1.27 bits per heavy atom. The third-order valence-electron chi connectivity index (χ3n) is 4.52. The van der Waals surface area contributed by atoms with Gasteiger partial charge in [0.15, 0.2) is 0 Å². The number of likely N-dealkylation sites (tertiary alicyclic amines) is 1. The zero-order chi connectivity index (χ0) is 18.4. The van der Waals surface area contributed by atoms with Crippen LogP contribution in [0.2, 0.25) is 0 Å². The van der Waals surface area contributed by atoms with Gasteiger partial charge < -0.3 is 15.3 Å². The molecular formula is C19H22N4O3. The van der Waals surface area contributed by atoms with Gasteiger partial charge in [-0.15, -0.1) is 0 Å². The summed E-state index contributed by atoms with van der Waals surface area (Å²) in [5.41, 5.74) is 1.34. The number of aromatic nitrogens is 2. The molecule has 1 aliphatic heterocycles. The largest absolute Gasteiger partial charge is 0.481 e. The summed E-state index contributed by atoms with van der Waals surface area (Å²) in [6.45, 7) is 0.672. The minimum atomic E-state index is -0.821. The molecule has 1 atom stereocenters. The van der Waals surface area contributed by atoms with Crippen molar-refractivity contribution >= 4 is 23.4 Å². The standard InChI is InChI=1S/C19H22N4O3/c24-18(25)8-7-16-6-1-2-11-23(16)19(26)14-4-3-5-15(12-14)22-17-13-20-9-10-21-17/h3-5,9-10,12-13,16H,1-2,6-8,11H2,(H,21,22)(H,24,25). The Kier molecular flexibility index (Phi) is 5.78. The van der Waals surface area contributed by atoms with Gasteiger partial charge in [0.1, 0.15) is 5.82 Å². The first-order chi connectivity index (χ1) is 12.6. The monoisotopic (exact) mass is 354 g/mol. The second-order valence-corrected chi connectivity index (χ2v) is 6.38. The Bertz CT molecular complexity index is 766. The van der Waals surface area contributed by atoms with E-state index in [1.165, 1.54) is 0 Å². The predicted octanol–water partition coefficient (Wildman–Crippen LogP) is 3.08. The van der Waals surface area contributed by atoms with E-state index in [-0.39, 0.29) is 18.4 Å². The van der Waals surface area contributed by atoms with E-state index in [0.29, 0.717) is 24.3 Å². The molecular weight excluding hydrogens is 332 g/mol. The third kappa shape index (κ3) is 4.56. The van der Waals surface area contributed by atoms with Crippen LogP contribution in [0.5, 0.6) is 0 Å². The molecule has 0 spiro atoms. The fourth-order valence-corrected chi connectivity index (χ4v) is 3.27. The van der Waals surface area contributed by atoms with Crippen LogP contribution >= 0.6 is 0 Å². The highest BCUT2D eigenvalue weighted by Gasteiger charge is 2.27. The van der Waals surface area contributed by atoms with Gasteiger partial charge >= 0.3 is 5.97 Å². The SMILES string of the molecule is O=C(O)CCC1CCCCN1C(=O)c1cccc(Nc2cnccn2)c1. The number of carbonyl (C=O) groups is 2. The topological polar surface area (TPSA) is 95.4 Å². The molecule has 1 aliphatic rings. The minimum Gasteiger partial charge on any atom is -0.481 e. The van der Waals surface area contributed by atoms with E-state index in [4.69, 9.17) is 5.11 Å². The molecule has 26 heavy (non-hydrogen) atoms. The first kappa shape index (κ1) is 17.8. The summed E-state index contributed by atoms with van der Waals surface area (Å²) < 4.78 is 0. The van der Waals surface area contributed by atoms with Gasteiger partial charge in [-0.05, 0) is 43.9 Å². The zero-order valence-corrected chi connectivity index (χ0v) is 14.5. The molecule has 1 saturated heterocycles. The highest BCUT2D eigenvalue weighted by molar-refractivity contribution is 5.95. The van der Waals surface area contributed by atoms with Gasteiger partial charge in [-0.3, -0.25) is 14.6 Å². The number of benzene rings is 1. The zero-order valence-electron chi connectivity index (χ0n) is 14.5. The third-order valence-corrected chi connectivity index (χ3v) is 4.52. The van der Waals surface area contributed by atoms with Crippen molar-refractivity contribution < 1.29 is 14.7 Å². The number of hydrogen-bond acceptors (Lipinski definition) is 5. The first-order valence-corrected chi connectivity index (χ1v) is 8.79. The van der Waals surface area contributed by atoms with Gasteiger partial charge in [0.05, 0.1) is 6.20 Å². The average Bonchev–Trinajstić information content (AvgIpc) is 2.67. The Balaban J connectivity index is 1.73. The van der Waals surface area contributed by atoms with E-state index in [2.05, 4.69) is 15.3 Å². The summed E-state index contributed by atoms with van der Waals surface area (Å²) in [5, 5.41) is 12.1. The minimum absolute atomic E-state index is 0.0102. The van der Waals surface area contributed by atoms with E-state index in [1.54, 1.807) is 30.7 Å². The number of nitrogens with zero attached hydrogens (tertiary/aromatic N) is 3. The first-order valence-electron chi connectivity index (χ1n) is 8.79. The average molecular weight is 354 g/mol. The summed E-state index contributed by atoms with van der Waals surface area (Å²) in [7, 11) is 0. The van der Waals surface area contributed by atoms with E-state index < -0.39 is 5.97 Å². The van der Waals surface area contributed by atoms with Gasteiger partial charge in [0, 0.05) is 42.7 Å². The Labute approximate surface area is 152 Å². The molecule has 3 rings (SSSR count). The number of nitrogens with one attached hydrogen (secondary N) is 1. The van der Waals surface area contributed by atoms with Crippen molar-refractivity contribution in [2.45, 2.75) is 38.1 Å². The summed E-state index contributed by atoms with van der Waals surface area (Å²) in [5.74, 6) is -0.268. The Morgan fingerprint density at radius 2 is 2.15 bits per heavy atom. The van der Waals surface area contributed by atoms with Crippen LogP contribution in [-0.2, 0) is 4.79 Å². The number of aliphatic carboxylic acids is 1. The lowest BCUT2D eigenvalue weighted by Crippen LogP contribution is -2.44. The molecule has 2 heterocycles. The van der Waals surface area contributed by atoms with Crippen molar-refractivity contribution in [3.05, 3.63) is 48.4 Å². The molecule has 2 aromatic rings. The van der Waals surface area contributed by atoms with Crippen LogP contribution in [0.1, 0.15) is 42.5 Å². The molecule has 7 nitrogen and oxygen atoms in total. The molecule has 1 aromatic heterocycles. The van der Waals surface area contributed by atoms with Crippen molar-refractivity contribution in [1.29, 1.82) is 0 Å². The normalized spacial score (nSPS) is 16.9. The lowest BCUT2D eigenvalue weighted by atomic mass is 9.97. The van der Waals surface area contributed by atoms with Crippen molar-refractivity contribution in [2.75, 3.05) is 11.9 Å². The molecule has 0 aliphatic carbocycles. The van der Waals surface area contributed by atoms with E-state index in [0.717, 1.165) is 24.9 Å². The van der Waals surface area contributed by atoms with Crippen molar-refractivity contribution in [1.82, 2.24) is 14.9 Å². The molecule has 1 aromatic carbocycles. The summed E-state index contributed by atoms with van der Waals surface area (Å²) >= 11 is 0. The van der Waals surface area contributed by atoms with Gasteiger partial charge in [-0.2, -0.15) is 0 Å². The maximum absolute atomic E-state index is 13.0. The molecule has 1 unspecified atom stereocenters. The smallest absolute Gasteiger partial charge is 0.303 e. The number of carboxylic acid groups (broad SMARTS) is 1. The fraction of sp³-hybridized carbons (Fsp3) is 0.368. The van der Waals surface area contributed by atoms with Crippen LogP contribution in [0, 0.1) is 0 Å². The predicted molar refractivity (Wildman–Crippen MR) is 97.3 cm³/mol. The van der Waals surface area contributed by atoms with E-state index in [9.17, 15) is 9.59 Å². The van der Waals surface area contributed by atoms with Gasteiger partial charge in [0.2, 0.25) is 0 Å². The van der Waals surface area contributed by atoms with Gasteiger partial charge in [-0.25, -0.2) is 4.98 Å². The Morgan fingerprint density at radius 3 is 2.92 bits per heavy atom. The number of anilines is 2. The maximum Gasteiger partial charge on any atom is 0.303 e. The number of hydrogen-bond donors (Lipinski definition) is 2. The molecule has 0 bridgehead atoms. The Hall–Kier alpha value is -2.96. The van der Waals surface area contributed by atoms with Crippen molar-refractivity contribution in [3.63, 3.8) is 0 Å². The highest BCUT2D eigenvalue weighted by Crippen LogP contribution is 2.24. The molecule has 7 heteroatoms. The van der Waals surface area contributed by atoms with Crippen LogP contribution in [0.15, 0.2) is 42.9 Å². The second kappa shape index (κ2) is 8.42. The lowest BCUT2D eigenvalue weighted by Gasteiger charge is -2.35. The van der Waals surface area contributed by atoms with E-state index >= 15 is 0 Å². The quantitative estimate of drug-likeness (QED) is 0.828. The number of piperidine rings is 1. The maximum atomic E-state index is 13.0. The van der Waals surface area contributed by atoms with Crippen LogP contribution < -0.4 is 5.32 Å². The highest BCUT2D eigenvalue weighted by atomic mass is 16.4. The van der Waals surface area contributed by atoms with Crippen molar-refractivity contribution in [2.24, 2.45) is 0 Å². The summed E-state index contributed by atoms with van der Waals surface area (Å²) in [6, 6.07) is 7.25. The molecule has 2 N–H and O–H groups in total. The number of amides is 1. The fourth-order valence-electron chi connectivity index (χ4n) is 3.27. The summed E-state index contributed by atoms with van der Waals surface area (Å²) in [6.07, 6.45) is 8.23. The van der Waals surface area contributed by atoms with Crippen LogP contribution in [0.3, 0.4) is 0 Å². The molecule has 1 amide bonds. The lowest BCUT2D eigenvalue weighted by molar-refractivity contribution is -0.137. The van der Waals surface area contributed by atoms with Crippen molar-refractivity contribution in [3.8, 4) is 0 Å². The molecule has 0 saturated carbocycles. The molecule has 1 fully saturated rings. The van der Waals surface area contributed by atoms with Crippen LogP contribution in [0.4, 0.5) is 11.5 Å². The molecule has 0 radical (unpaired) electrons. The second-order valence-electron chi connectivity index (χ2n) is 6.38.